The zero-order valence-corrected chi connectivity index (χ0v) is 12.6. The topological polar surface area (TPSA) is 75.7 Å². The van der Waals surface area contributed by atoms with Crippen molar-refractivity contribution in [2.24, 2.45) is 0 Å². The van der Waals surface area contributed by atoms with Crippen molar-refractivity contribution >= 4 is 15.9 Å². The van der Waals surface area contributed by atoms with Crippen molar-refractivity contribution in [2.45, 2.75) is 32.7 Å². The summed E-state index contributed by atoms with van der Waals surface area (Å²) in [6.45, 7) is 6.47. The minimum absolute atomic E-state index is 0.147. The monoisotopic (exact) mass is 280 g/mol. The van der Waals surface area contributed by atoms with Crippen molar-refractivity contribution in [1.82, 2.24) is 9.62 Å². The van der Waals surface area contributed by atoms with Gasteiger partial charge < -0.3 is 10.1 Å². The molecule has 7 heteroatoms. The van der Waals surface area contributed by atoms with Crippen LogP contribution in [-0.4, -0.2) is 57.2 Å². The summed E-state index contributed by atoms with van der Waals surface area (Å²) in [7, 11) is -1.76. The Morgan fingerprint density at radius 3 is 2.28 bits per heavy atom. The van der Waals surface area contributed by atoms with Crippen LogP contribution in [0.5, 0.6) is 0 Å². The molecule has 0 unspecified atom stereocenters. The van der Waals surface area contributed by atoms with Gasteiger partial charge in [0.05, 0.1) is 12.9 Å². The zero-order chi connectivity index (χ0) is 14.4. The zero-order valence-electron chi connectivity index (χ0n) is 11.8. The molecule has 0 heterocycles. The average molecular weight is 280 g/mol. The summed E-state index contributed by atoms with van der Waals surface area (Å²) in [5.41, 5.74) is -0.527. The largest absolute Gasteiger partial charge is 0.383 e. The molecule has 0 atom stereocenters. The second kappa shape index (κ2) is 7.06. The summed E-state index contributed by atoms with van der Waals surface area (Å²) < 4.78 is 29.4. The predicted octanol–water partition coefficient (Wildman–Crippen LogP) is 0.199. The van der Waals surface area contributed by atoms with E-state index in [1.54, 1.807) is 27.9 Å². The molecular weight excluding hydrogens is 256 g/mol. The lowest BCUT2D eigenvalue weighted by Gasteiger charge is -2.33. The van der Waals surface area contributed by atoms with Gasteiger partial charge in [-0.15, -0.1) is 0 Å². The Balaban J connectivity index is 4.34. The Kier molecular flexibility index (Phi) is 6.80. The first-order valence-corrected chi connectivity index (χ1v) is 7.67. The average Bonchev–Trinajstić information content (AvgIpc) is 2.13. The van der Waals surface area contributed by atoms with E-state index < -0.39 is 15.6 Å². The molecule has 0 saturated carbocycles. The smallest absolute Gasteiger partial charge is 0.221 e. The van der Waals surface area contributed by atoms with Gasteiger partial charge in [-0.05, 0) is 20.8 Å². The highest BCUT2D eigenvalue weighted by Crippen LogP contribution is 2.17. The number of nitrogens with one attached hydrogen (secondary N) is 1. The van der Waals surface area contributed by atoms with Crippen molar-refractivity contribution < 1.29 is 17.9 Å². The van der Waals surface area contributed by atoms with Crippen molar-refractivity contribution in [1.29, 1.82) is 0 Å². The molecule has 108 valence electrons. The number of hydrogen-bond donors (Lipinski definition) is 1. The fraction of sp³-hybridized carbons (Fsp3) is 0.909. The Morgan fingerprint density at radius 1 is 1.33 bits per heavy atom. The number of sulfonamides is 1. The lowest BCUT2D eigenvalue weighted by atomic mass is 10.1. The van der Waals surface area contributed by atoms with Gasteiger partial charge in [0.1, 0.15) is 0 Å². The standard InChI is InChI=1S/C11H24N2O4S/c1-11(2,3)13(18(5,15)16)8-6-10(14)12-7-9-17-4/h6-9H2,1-5H3,(H,12,14). The fourth-order valence-corrected chi connectivity index (χ4v) is 3.00. The van der Waals surface area contributed by atoms with E-state index in [-0.39, 0.29) is 18.9 Å². The number of nitrogens with zero attached hydrogens (tertiary/aromatic N) is 1. The molecule has 18 heavy (non-hydrogen) atoms. The summed E-state index contributed by atoms with van der Waals surface area (Å²) >= 11 is 0. The predicted molar refractivity (Wildman–Crippen MR) is 70.8 cm³/mol. The van der Waals surface area contributed by atoms with Gasteiger partial charge in [0.15, 0.2) is 0 Å². The maximum absolute atomic E-state index is 11.6. The first-order chi connectivity index (χ1) is 8.09. The number of hydrogen-bond acceptors (Lipinski definition) is 4. The third-order valence-corrected chi connectivity index (χ3v) is 3.85. The lowest BCUT2D eigenvalue weighted by Crippen LogP contribution is -2.46. The summed E-state index contributed by atoms with van der Waals surface area (Å²) in [6, 6.07) is 0. The molecule has 0 aliphatic heterocycles. The third kappa shape index (κ3) is 6.93. The van der Waals surface area contributed by atoms with Crippen LogP contribution >= 0.6 is 0 Å². The molecule has 1 N–H and O–H groups in total. The van der Waals surface area contributed by atoms with E-state index in [0.717, 1.165) is 6.26 Å². The van der Waals surface area contributed by atoms with Crippen molar-refractivity contribution in [3.63, 3.8) is 0 Å². The summed E-state index contributed by atoms with van der Waals surface area (Å²) in [5.74, 6) is -0.176. The molecule has 0 aliphatic rings. The first kappa shape index (κ1) is 17.3. The molecule has 0 spiro atoms. The Morgan fingerprint density at radius 2 is 1.89 bits per heavy atom. The van der Waals surface area contributed by atoms with Crippen LogP contribution in [-0.2, 0) is 19.6 Å². The highest BCUT2D eigenvalue weighted by atomic mass is 32.2. The number of amides is 1. The number of carbonyl (C=O) groups is 1. The molecule has 0 aromatic carbocycles. The van der Waals surface area contributed by atoms with Crippen LogP contribution in [0.25, 0.3) is 0 Å². The van der Waals surface area contributed by atoms with E-state index in [1.807, 2.05) is 0 Å². The van der Waals surface area contributed by atoms with Gasteiger partial charge in [-0.2, -0.15) is 4.31 Å². The molecule has 1 amide bonds. The van der Waals surface area contributed by atoms with E-state index in [1.165, 1.54) is 4.31 Å². The fourth-order valence-electron chi connectivity index (χ4n) is 1.58. The van der Waals surface area contributed by atoms with E-state index in [9.17, 15) is 13.2 Å². The molecule has 6 nitrogen and oxygen atoms in total. The quantitative estimate of drug-likeness (QED) is 0.676. The number of methoxy groups -OCH3 is 1. The number of ether oxygens (including phenoxy) is 1. The Labute approximate surface area is 110 Å². The van der Waals surface area contributed by atoms with Gasteiger partial charge in [-0.1, -0.05) is 0 Å². The maximum Gasteiger partial charge on any atom is 0.221 e. The summed E-state index contributed by atoms with van der Waals surface area (Å²) in [6.07, 6.45) is 1.30. The van der Waals surface area contributed by atoms with Crippen LogP contribution in [0.1, 0.15) is 27.2 Å². The van der Waals surface area contributed by atoms with Crippen LogP contribution in [0, 0.1) is 0 Å². The Bertz CT molecular complexity index is 360. The van der Waals surface area contributed by atoms with Gasteiger partial charge in [0, 0.05) is 32.2 Å². The second-order valence-corrected chi connectivity index (χ2v) is 7.01. The Hall–Kier alpha value is -0.660. The molecule has 0 rings (SSSR count). The minimum Gasteiger partial charge on any atom is -0.383 e. The summed E-state index contributed by atoms with van der Waals surface area (Å²) in [4.78, 5) is 11.5. The van der Waals surface area contributed by atoms with Gasteiger partial charge in [0.2, 0.25) is 15.9 Å². The number of carbonyl (C=O) groups excluding carboxylic acids is 1. The molecule has 0 aliphatic carbocycles. The highest BCUT2D eigenvalue weighted by molar-refractivity contribution is 7.88. The van der Waals surface area contributed by atoms with E-state index in [0.29, 0.717) is 13.2 Å². The van der Waals surface area contributed by atoms with E-state index in [2.05, 4.69) is 5.32 Å². The maximum atomic E-state index is 11.6. The minimum atomic E-state index is -3.31. The lowest BCUT2D eigenvalue weighted by molar-refractivity contribution is -0.121. The third-order valence-electron chi connectivity index (χ3n) is 2.32. The van der Waals surface area contributed by atoms with Gasteiger partial charge in [0.25, 0.3) is 0 Å². The molecule has 0 bridgehead atoms. The molecule has 0 radical (unpaired) electrons. The molecular formula is C11H24N2O4S. The highest BCUT2D eigenvalue weighted by Gasteiger charge is 2.29. The number of rotatable bonds is 7. The van der Waals surface area contributed by atoms with E-state index in [4.69, 9.17) is 4.74 Å². The van der Waals surface area contributed by atoms with E-state index >= 15 is 0 Å². The van der Waals surface area contributed by atoms with Crippen molar-refractivity contribution in [3.05, 3.63) is 0 Å². The normalized spacial score (nSPS) is 12.8. The molecule has 0 fully saturated rings. The van der Waals surface area contributed by atoms with Gasteiger partial charge in [-0.25, -0.2) is 8.42 Å². The van der Waals surface area contributed by atoms with Crippen LogP contribution in [0.4, 0.5) is 0 Å². The SMILES string of the molecule is COCCNC(=O)CCN(C(C)(C)C)S(C)(=O)=O. The molecule has 0 saturated heterocycles. The van der Waals surface area contributed by atoms with Gasteiger partial charge >= 0.3 is 0 Å². The second-order valence-electron chi connectivity index (χ2n) is 5.10. The van der Waals surface area contributed by atoms with Crippen molar-refractivity contribution in [2.75, 3.05) is 33.1 Å². The molecule has 0 aromatic heterocycles. The summed E-state index contributed by atoms with van der Waals surface area (Å²) in [5, 5.41) is 2.66. The van der Waals surface area contributed by atoms with Gasteiger partial charge in [-0.3, -0.25) is 4.79 Å². The van der Waals surface area contributed by atoms with Crippen LogP contribution in [0.2, 0.25) is 0 Å². The van der Waals surface area contributed by atoms with Crippen LogP contribution in [0.3, 0.4) is 0 Å². The van der Waals surface area contributed by atoms with Crippen LogP contribution in [0.15, 0.2) is 0 Å². The van der Waals surface area contributed by atoms with Crippen LogP contribution < -0.4 is 5.32 Å². The molecule has 0 aromatic rings. The van der Waals surface area contributed by atoms with Crippen molar-refractivity contribution in [3.8, 4) is 0 Å². The first-order valence-electron chi connectivity index (χ1n) is 5.82.